The molecule has 0 N–H and O–H groups in total. The van der Waals surface area contributed by atoms with Gasteiger partial charge < -0.3 is 9.80 Å². The van der Waals surface area contributed by atoms with E-state index in [0.29, 0.717) is 0 Å². The minimum Gasteiger partial charge on any atom is -0.353 e. The number of aromatic nitrogens is 1. The summed E-state index contributed by atoms with van der Waals surface area (Å²) < 4.78 is 0. The van der Waals surface area contributed by atoms with Gasteiger partial charge in [-0.1, -0.05) is 41.1 Å². The van der Waals surface area contributed by atoms with Crippen LogP contribution in [0.2, 0.25) is 0 Å². The van der Waals surface area contributed by atoms with Gasteiger partial charge in [-0.15, -0.1) is 0 Å². The third kappa shape index (κ3) is 3.27. The molecule has 1 amide bonds. The highest BCUT2D eigenvalue weighted by Crippen LogP contribution is 2.25. The van der Waals surface area contributed by atoms with Gasteiger partial charge in [-0.2, -0.15) is 0 Å². The lowest BCUT2D eigenvalue weighted by Crippen LogP contribution is -2.50. The van der Waals surface area contributed by atoms with Crippen LogP contribution in [0.25, 0.3) is 10.9 Å². The fourth-order valence-electron chi connectivity index (χ4n) is 3.23. The van der Waals surface area contributed by atoms with Gasteiger partial charge in [0.2, 0.25) is 5.91 Å². The van der Waals surface area contributed by atoms with Gasteiger partial charge in [0.1, 0.15) is 5.82 Å². The van der Waals surface area contributed by atoms with Crippen molar-refractivity contribution < 1.29 is 4.79 Å². The first-order valence-electron chi connectivity index (χ1n) is 8.56. The molecule has 128 valence electrons. The number of anilines is 1. The molecule has 1 unspecified atom stereocenters. The first kappa shape index (κ1) is 17.2. The van der Waals surface area contributed by atoms with Crippen molar-refractivity contribution in [1.82, 2.24) is 9.88 Å². The maximum absolute atomic E-state index is 12.3. The second-order valence-corrected chi connectivity index (χ2v) is 7.56. The summed E-state index contributed by atoms with van der Waals surface area (Å²) in [6, 6.07) is 8.49. The van der Waals surface area contributed by atoms with Crippen LogP contribution in [0.4, 0.5) is 5.82 Å². The number of fused-ring (bicyclic) bond motifs is 1. The lowest BCUT2D eigenvalue weighted by atomic mass is 10.1. The van der Waals surface area contributed by atoms with Crippen LogP contribution in [0.1, 0.15) is 24.5 Å². The Labute approximate surface area is 152 Å². The van der Waals surface area contributed by atoms with Crippen LogP contribution in [-0.2, 0) is 4.79 Å². The normalized spacial score (nSPS) is 16.5. The number of hydrogen-bond donors (Lipinski definition) is 0. The van der Waals surface area contributed by atoms with E-state index in [1.807, 2.05) is 11.8 Å². The van der Waals surface area contributed by atoms with E-state index in [-0.39, 0.29) is 10.7 Å². The SMILES string of the molecule is CCC(Br)C(=O)N1CCN(c2cc(C)c3cccc(C)c3n2)CC1. The smallest absolute Gasteiger partial charge is 0.236 e. The molecule has 1 atom stereocenters. The molecule has 0 bridgehead atoms. The molecule has 2 aromatic rings. The summed E-state index contributed by atoms with van der Waals surface area (Å²) >= 11 is 3.47. The van der Waals surface area contributed by atoms with Crippen molar-refractivity contribution in [1.29, 1.82) is 0 Å². The summed E-state index contributed by atoms with van der Waals surface area (Å²) in [5.74, 6) is 1.22. The van der Waals surface area contributed by atoms with E-state index in [1.165, 1.54) is 16.5 Å². The van der Waals surface area contributed by atoms with E-state index in [0.717, 1.165) is 43.9 Å². The zero-order valence-corrected chi connectivity index (χ0v) is 16.1. The van der Waals surface area contributed by atoms with Crippen LogP contribution < -0.4 is 4.90 Å². The highest BCUT2D eigenvalue weighted by Gasteiger charge is 2.25. The third-order valence-corrected chi connectivity index (χ3v) is 5.82. The van der Waals surface area contributed by atoms with Gasteiger partial charge in [0, 0.05) is 31.6 Å². The first-order valence-corrected chi connectivity index (χ1v) is 9.47. The molecule has 1 aromatic carbocycles. The fourth-order valence-corrected chi connectivity index (χ4v) is 3.52. The summed E-state index contributed by atoms with van der Waals surface area (Å²) in [4.78, 5) is 21.4. The highest BCUT2D eigenvalue weighted by atomic mass is 79.9. The number of carbonyl (C=O) groups is 1. The Bertz CT molecular complexity index is 754. The van der Waals surface area contributed by atoms with Gasteiger partial charge >= 0.3 is 0 Å². The van der Waals surface area contributed by atoms with Crippen LogP contribution in [0.3, 0.4) is 0 Å². The van der Waals surface area contributed by atoms with Crippen molar-refractivity contribution in [2.24, 2.45) is 0 Å². The van der Waals surface area contributed by atoms with E-state index in [2.05, 4.69) is 58.9 Å². The Morgan fingerprint density at radius 3 is 2.58 bits per heavy atom. The molecule has 4 nitrogen and oxygen atoms in total. The van der Waals surface area contributed by atoms with Crippen molar-refractivity contribution in [2.45, 2.75) is 32.0 Å². The molecular formula is C19H24BrN3O. The first-order chi connectivity index (χ1) is 11.5. The molecule has 24 heavy (non-hydrogen) atoms. The van der Waals surface area contributed by atoms with Crippen LogP contribution in [-0.4, -0.2) is 46.8 Å². The van der Waals surface area contributed by atoms with Crippen LogP contribution >= 0.6 is 15.9 Å². The molecule has 0 radical (unpaired) electrons. The summed E-state index contributed by atoms with van der Waals surface area (Å²) in [7, 11) is 0. The van der Waals surface area contributed by atoms with E-state index in [9.17, 15) is 4.79 Å². The van der Waals surface area contributed by atoms with E-state index in [1.54, 1.807) is 0 Å². The number of para-hydroxylation sites is 1. The number of aryl methyl sites for hydroxylation is 2. The van der Waals surface area contributed by atoms with Crippen molar-refractivity contribution in [3.63, 3.8) is 0 Å². The number of benzene rings is 1. The molecule has 1 aliphatic heterocycles. The Morgan fingerprint density at radius 1 is 1.21 bits per heavy atom. The molecule has 0 saturated carbocycles. The summed E-state index contributed by atoms with van der Waals surface area (Å²) in [6.07, 6.45) is 0.823. The number of piperazine rings is 1. The van der Waals surface area contributed by atoms with Crippen LogP contribution in [0.5, 0.6) is 0 Å². The number of rotatable bonds is 3. The maximum atomic E-state index is 12.3. The van der Waals surface area contributed by atoms with Gasteiger partial charge in [-0.25, -0.2) is 4.98 Å². The predicted molar refractivity (Wildman–Crippen MR) is 103 cm³/mol. The topological polar surface area (TPSA) is 36.4 Å². The van der Waals surface area contributed by atoms with E-state index in [4.69, 9.17) is 4.98 Å². The number of halogens is 1. The maximum Gasteiger partial charge on any atom is 0.236 e. The van der Waals surface area contributed by atoms with Gasteiger partial charge in [0.25, 0.3) is 0 Å². The number of amides is 1. The molecule has 1 aliphatic rings. The van der Waals surface area contributed by atoms with Crippen LogP contribution in [0.15, 0.2) is 24.3 Å². The van der Waals surface area contributed by atoms with Gasteiger partial charge in [0.05, 0.1) is 10.3 Å². The molecule has 1 aromatic heterocycles. The number of nitrogens with zero attached hydrogens (tertiary/aromatic N) is 3. The van der Waals surface area contributed by atoms with Crippen molar-refractivity contribution >= 4 is 38.6 Å². The Hall–Kier alpha value is -1.62. The third-order valence-electron chi connectivity index (χ3n) is 4.78. The van der Waals surface area contributed by atoms with Crippen LogP contribution in [0, 0.1) is 13.8 Å². The largest absolute Gasteiger partial charge is 0.353 e. The van der Waals surface area contributed by atoms with Crippen molar-refractivity contribution in [2.75, 3.05) is 31.1 Å². The Kier molecular flexibility index (Phi) is 5.09. The number of alkyl halides is 1. The molecule has 2 heterocycles. The average Bonchev–Trinajstić information content (AvgIpc) is 2.61. The van der Waals surface area contributed by atoms with Gasteiger partial charge in [-0.3, -0.25) is 4.79 Å². The molecule has 5 heteroatoms. The number of pyridine rings is 1. The Balaban J connectivity index is 1.78. The average molecular weight is 390 g/mol. The monoisotopic (exact) mass is 389 g/mol. The Morgan fingerprint density at radius 2 is 1.92 bits per heavy atom. The predicted octanol–water partition coefficient (Wildman–Crippen LogP) is 3.67. The van der Waals surface area contributed by atoms with Gasteiger partial charge in [-0.05, 0) is 37.5 Å². The summed E-state index contributed by atoms with van der Waals surface area (Å²) in [5, 5.41) is 1.22. The minimum atomic E-state index is -0.0623. The molecular weight excluding hydrogens is 366 g/mol. The molecule has 1 saturated heterocycles. The highest BCUT2D eigenvalue weighted by molar-refractivity contribution is 9.10. The minimum absolute atomic E-state index is 0.0623. The summed E-state index contributed by atoms with van der Waals surface area (Å²) in [6.45, 7) is 9.45. The lowest BCUT2D eigenvalue weighted by molar-refractivity contribution is -0.130. The van der Waals surface area contributed by atoms with Crippen molar-refractivity contribution in [3.8, 4) is 0 Å². The van der Waals surface area contributed by atoms with E-state index < -0.39 is 0 Å². The molecule has 3 rings (SSSR count). The molecule has 1 fully saturated rings. The summed E-state index contributed by atoms with van der Waals surface area (Å²) in [5.41, 5.74) is 3.54. The zero-order chi connectivity index (χ0) is 17.3. The standard InChI is InChI=1S/C19H24BrN3O/c1-4-16(20)19(24)23-10-8-22(9-11-23)17-12-14(3)15-7-5-6-13(2)18(15)21-17/h5-7,12,16H,4,8-11H2,1-3H3. The quantitative estimate of drug-likeness (QED) is 0.751. The number of carbonyl (C=O) groups excluding carboxylic acids is 1. The van der Waals surface area contributed by atoms with E-state index >= 15 is 0 Å². The van der Waals surface area contributed by atoms with Gasteiger partial charge in [0.15, 0.2) is 0 Å². The fraction of sp³-hybridized carbons (Fsp3) is 0.474. The molecule has 0 spiro atoms. The van der Waals surface area contributed by atoms with Crippen molar-refractivity contribution in [3.05, 3.63) is 35.4 Å². The second-order valence-electron chi connectivity index (χ2n) is 6.46. The number of hydrogen-bond acceptors (Lipinski definition) is 3. The second kappa shape index (κ2) is 7.09. The lowest BCUT2D eigenvalue weighted by Gasteiger charge is -2.36. The molecule has 0 aliphatic carbocycles. The zero-order valence-electron chi connectivity index (χ0n) is 14.6.